The number of ether oxygens (including phenoxy) is 1. The molecule has 3 amide bonds. The van der Waals surface area contributed by atoms with Crippen molar-refractivity contribution in [3.05, 3.63) is 90.0 Å². The van der Waals surface area contributed by atoms with Crippen LogP contribution in [0.5, 0.6) is 5.75 Å². The van der Waals surface area contributed by atoms with Crippen molar-refractivity contribution in [3.63, 3.8) is 0 Å². The summed E-state index contributed by atoms with van der Waals surface area (Å²) in [6.45, 7) is 0.519. The van der Waals surface area contributed by atoms with Crippen molar-refractivity contribution in [2.45, 2.75) is 19.3 Å². The fourth-order valence-electron chi connectivity index (χ4n) is 3.63. The van der Waals surface area contributed by atoms with Crippen LogP contribution in [0.15, 0.2) is 84.0 Å². The molecule has 4 rings (SSSR count). The quantitative estimate of drug-likeness (QED) is 0.513. The van der Waals surface area contributed by atoms with Gasteiger partial charge in [-0.1, -0.05) is 30.3 Å². The Hall–Kier alpha value is -4.46. The molecule has 0 bridgehead atoms. The van der Waals surface area contributed by atoms with Gasteiger partial charge in [-0.3, -0.25) is 14.4 Å². The first kappa shape index (κ1) is 23.7. The normalized spacial score (nSPS) is 12.6. The number of amides is 3. The Balaban J connectivity index is 1.24. The van der Waals surface area contributed by atoms with Gasteiger partial charge in [-0.25, -0.2) is 5.01 Å². The maximum Gasteiger partial charge on any atom is 0.255 e. The zero-order valence-electron chi connectivity index (χ0n) is 19.4. The van der Waals surface area contributed by atoms with Gasteiger partial charge in [-0.15, -0.1) is 0 Å². The maximum atomic E-state index is 12.5. The van der Waals surface area contributed by atoms with Gasteiger partial charge in [-0.05, 0) is 54.1 Å². The Morgan fingerprint density at radius 2 is 1.51 bits per heavy atom. The highest BCUT2D eigenvalue weighted by atomic mass is 16.5. The minimum Gasteiger partial charge on any atom is -0.497 e. The molecule has 0 radical (unpaired) electrons. The Bertz CT molecular complexity index is 1220. The van der Waals surface area contributed by atoms with Crippen molar-refractivity contribution in [3.8, 4) is 5.75 Å². The fourth-order valence-corrected chi connectivity index (χ4v) is 3.63. The van der Waals surface area contributed by atoms with Crippen LogP contribution >= 0.6 is 0 Å². The molecule has 1 heterocycles. The van der Waals surface area contributed by atoms with Crippen molar-refractivity contribution in [1.82, 2.24) is 5.01 Å². The molecule has 0 saturated heterocycles. The van der Waals surface area contributed by atoms with Gasteiger partial charge in [-0.2, -0.15) is 5.10 Å². The van der Waals surface area contributed by atoms with Gasteiger partial charge in [0.25, 0.3) is 5.91 Å². The number of anilines is 2. The molecule has 8 nitrogen and oxygen atoms in total. The van der Waals surface area contributed by atoms with Crippen molar-refractivity contribution < 1.29 is 19.1 Å². The Labute approximate surface area is 203 Å². The van der Waals surface area contributed by atoms with Crippen molar-refractivity contribution in [2.75, 3.05) is 24.3 Å². The standard InChI is InChI=1S/C27H26N4O4/c1-35-23-13-11-22(12-14-23)29-27(34)20-7-9-21(10-8-20)28-25(32)15-16-26(33)31-18-17-24(30-31)19-5-3-2-4-6-19/h2-14H,15-18H2,1H3,(H,28,32)(H,29,34). The molecule has 35 heavy (non-hydrogen) atoms. The molecule has 0 spiro atoms. The lowest BCUT2D eigenvalue weighted by atomic mass is 10.1. The molecule has 1 aliphatic rings. The van der Waals surface area contributed by atoms with E-state index < -0.39 is 0 Å². The summed E-state index contributed by atoms with van der Waals surface area (Å²) in [7, 11) is 1.58. The lowest BCUT2D eigenvalue weighted by Crippen LogP contribution is -2.25. The van der Waals surface area contributed by atoms with Crippen LogP contribution in [0.3, 0.4) is 0 Å². The highest BCUT2D eigenvalue weighted by Crippen LogP contribution is 2.18. The van der Waals surface area contributed by atoms with Gasteiger partial charge >= 0.3 is 0 Å². The first-order valence-corrected chi connectivity index (χ1v) is 11.3. The highest BCUT2D eigenvalue weighted by Gasteiger charge is 2.22. The zero-order valence-corrected chi connectivity index (χ0v) is 19.4. The van der Waals surface area contributed by atoms with E-state index in [2.05, 4.69) is 15.7 Å². The van der Waals surface area contributed by atoms with E-state index in [1.165, 1.54) is 5.01 Å². The molecule has 8 heteroatoms. The van der Waals surface area contributed by atoms with Crippen molar-refractivity contribution in [1.29, 1.82) is 0 Å². The van der Waals surface area contributed by atoms with E-state index in [-0.39, 0.29) is 30.6 Å². The number of methoxy groups -OCH3 is 1. The largest absolute Gasteiger partial charge is 0.497 e. The Morgan fingerprint density at radius 1 is 0.857 bits per heavy atom. The van der Waals surface area contributed by atoms with Crippen molar-refractivity contribution >= 4 is 34.8 Å². The number of carbonyl (C=O) groups excluding carboxylic acids is 3. The molecular weight excluding hydrogens is 444 g/mol. The number of hydrazone groups is 1. The third-order valence-corrected chi connectivity index (χ3v) is 5.54. The van der Waals surface area contributed by atoms with E-state index in [0.29, 0.717) is 35.7 Å². The van der Waals surface area contributed by atoms with Crippen LogP contribution in [-0.4, -0.2) is 42.1 Å². The summed E-state index contributed by atoms with van der Waals surface area (Å²) in [5, 5.41) is 11.4. The van der Waals surface area contributed by atoms with Crippen LogP contribution in [0.2, 0.25) is 0 Å². The molecule has 0 saturated carbocycles. The van der Waals surface area contributed by atoms with Gasteiger partial charge < -0.3 is 15.4 Å². The van der Waals surface area contributed by atoms with E-state index in [0.717, 1.165) is 11.3 Å². The van der Waals surface area contributed by atoms with E-state index in [9.17, 15) is 14.4 Å². The lowest BCUT2D eigenvalue weighted by Gasteiger charge is -2.11. The van der Waals surface area contributed by atoms with Crippen LogP contribution in [0.4, 0.5) is 11.4 Å². The average molecular weight is 471 g/mol. The summed E-state index contributed by atoms with van der Waals surface area (Å²) >= 11 is 0. The molecule has 1 aliphatic heterocycles. The molecule has 3 aromatic rings. The monoisotopic (exact) mass is 470 g/mol. The van der Waals surface area contributed by atoms with Crippen LogP contribution in [0, 0.1) is 0 Å². The summed E-state index contributed by atoms with van der Waals surface area (Å²) < 4.78 is 5.11. The summed E-state index contributed by atoms with van der Waals surface area (Å²) in [4.78, 5) is 37.2. The van der Waals surface area contributed by atoms with Gasteiger partial charge in [0.15, 0.2) is 0 Å². The molecule has 3 aromatic carbocycles. The summed E-state index contributed by atoms with van der Waals surface area (Å²) in [5.41, 5.74) is 3.53. The third kappa shape index (κ3) is 6.32. The van der Waals surface area contributed by atoms with Crippen molar-refractivity contribution in [2.24, 2.45) is 5.10 Å². The molecule has 2 N–H and O–H groups in total. The van der Waals surface area contributed by atoms with Gasteiger partial charge in [0.2, 0.25) is 11.8 Å². The van der Waals surface area contributed by atoms with Crippen LogP contribution in [0.25, 0.3) is 0 Å². The van der Waals surface area contributed by atoms with Gasteiger partial charge in [0, 0.05) is 36.2 Å². The number of hydrogen-bond acceptors (Lipinski definition) is 5. The Kier molecular flexibility index (Phi) is 7.52. The number of nitrogens with zero attached hydrogens (tertiary/aromatic N) is 2. The number of carbonyl (C=O) groups is 3. The molecule has 0 aliphatic carbocycles. The molecular formula is C27H26N4O4. The topological polar surface area (TPSA) is 100 Å². The second-order valence-corrected chi connectivity index (χ2v) is 7.99. The van der Waals surface area contributed by atoms with E-state index in [4.69, 9.17) is 4.74 Å². The van der Waals surface area contributed by atoms with Gasteiger partial charge in [0.05, 0.1) is 19.4 Å². The molecule has 0 aromatic heterocycles. The fraction of sp³-hybridized carbons (Fsp3) is 0.185. The molecule has 0 fully saturated rings. The Morgan fingerprint density at radius 3 is 2.20 bits per heavy atom. The minimum absolute atomic E-state index is 0.0469. The number of rotatable bonds is 8. The van der Waals surface area contributed by atoms with E-state index in [1.54, 1.807) is 55.6 Å². The number of nitrogens with one attached hydrogen (secondary N) is 2. The van der Waals surface area contributed by atoms with Crippen LogP contribution in [0.1, 0.15) is 35.2 Å². The van der Waals surface area contributed by atoms with Crippen LogP contribution < -0.4 is 15.4 Å². The first-order valence-electron chi connectivity index (χ1n) is 11.3. The smallest absolute Gasteiger partial charge is 0.255 e. The predicted molar refractivity (Wildman–Crippen MR) is 135 cm³/mol. The number of hydrogen-bond donors (Lipinski definition) is 2. The second kappa shape index (κ2) is 11.1. The average Bonchev–Trinajstić information content (AvgIpc) is 3.39. The molecule has 178 valence electrons. The number of benzene rings is 3. The van der Waals surface area contributed by atoms with Gasteiger partial charge in [0.1, 0.15) is 5.75 Å². The summed E-state index contributed by atoms with van der Waals surface area (Å²) in [5.74, 6) is -0.0218. The SMILES string of the molecule is COc1ccc(NC(=O)c2ccc(NC(=O)CCC(=O)N3CCC(c4ccccc4)=N3)cc2)cc1. The first-order chi connectivity index (χ1) is 17.0. The summed E-state index contributed by atoms with van der Waals surface area (Å²) in [6, 6.07) is 23.3. The van der Waals surface area contributed by atoms with E-state index >= 15 is 0 Å². The third-order valence-electron chi connectivity index (χ3n) is 5.54. The van der Waals surface area contributed by atoms with E-state index in [1.807, 2.05) is 30.3 Å². The molecule has 0 atom stereocenters. The van der Waals surface area contributed by atoms with Crippen LogP contribution in [-0.2, 0) is 9.59 Å². The minimum atomic E-state index is -0.278. The zero-order chi connectivity index (χ0) is 24.6. The lowest BCUT2D eigenvalue weighted by molar-refractivity contribution is -0.132. The second-order valence-electron chi connectivity index (χ2n) is 7.99. The maximum absolute atomic E-state index is 12.5. The summed E-state index contributed by atoms with van der Waals surface area (Å²) in [6.07, 6.45) is 0.811. The highest BCUT2D eigenvalue weighted by molar-refractivity contribution is 6.05. The molecule has 0 unspecified atom stereocenters. The predicted octanol–water partition coefficient (Wildman–Crippen LogP) is 4.30.